The first-order valence-corrected chi connectivity index (χ1v) is 9.79. The number of carbonyl (C=O) groups excluding carboxylic acids is 2. The summed E-state index contributed by atoms with van der Waals surface area (Å²) in [6, 6.07) is 14.4. The smallest absolute Gasteiger partial charge is 0.344 e. The SMILES string of the molecule is C/C=C/c1ccc(OCC(=O)OC(C)C(=O)Nc2cccc3ncccc23)c(OC)c1. The van der Waals surface area contributed by atoms with Gasteiger partial charge in [0.15, 0.2) is 24.2 Å². The van der Waals surface area contributed by atoms with Crippen LogP contribution >= 0.6 is 0 Å². The minimum absolute atomic E-state index is 0.352. The lowest BCUT2D eigenvalue weighted by Crippen LogP contribution is -2.31. The van der Waals surface area contributed by atoms with E-state index < -0.39 is 18.0 Å². The molecule has 160 valence electrons. The number of carbonyl (C=O) groups is 2. The summed E-state index contributed by atoms with van der Waals surface area (Å²) in [5.74, 6) is -0.202. The standard InChI is InChI=1S/C24H24N2O5/c1-4-7-17-11-12-21(22(14-17)29-3)30-15-23(27)31-16(2)24(28)26-20-10-5-9-19-18(20)8-6-13-25-19/h4-14,16H,15H2,1-3H3,(H,26,28)/b7-4+. The summed E-state index contributed by atoms with van der Waals surface area (Å²) in [7, 11) is 1.52. The highest BCUT2D eigenvalue weighted by atomic mass is 16.6. The lowest BCUT2D eigenvalue weighted by molar-refractivity contribution is -0.155. The minimum atomic E-state index is -0.998. The van der Waals surface area contributed by atoms with Gasteiger partial charge in [-0.3, -0.25) is 9.78 Å². The fourth-order valence-electron chi connectivity index (χ4n) is 2.97. The molecule has 2 aromatic carbocycles. The lowest BCUT2D eigenvalue weighted by Gasteiger charge is -2.15. The molecule has 1 unspecified atom stereocenters. The van der Waals surface area contributed by atoms with Gasteiger partial charge in [0.25, 0.3) is 5.91 Å². The van der Waals surface area contributed by atoms with Crippen molar-refractivity contribution < 1.29 is 23.8 Å². The molecule has 1 heterocycles. The lowest BCUT2D eigenvalue weighted by atomic mass is 10.2. The van der Waals surface area contributed by atoms with Crippen molar-refractivity contribution in [1.82, 2.24) is 4.98 Å². The second-order valence-corrected chi connectivity index (χ2v) is 6.70. The summed E-state index contributed by atoms with van der Waals surface area (Å²) in [5, 5.41) is 3.58. The zero-order chi connectivity index (χ0) is 22.2. The number of pyridine rings is 1. The summed E-state index contributed by atoms with van der Waals surface area (Å²) in [4.78, 5) is 28.9. The Hall–Kier alpha value is -3.87. The van der Waals surface area contributed by atoms with Gasteiger partial charge in [0.2, 0.25) is 0 Å². The Morgan fingerprint density at radius 2 is 1.97 bits per heavy atom. The number of hydrogen-bond acceptors (Lipinski definition) is 6. The molecule has 1 aromatic heterocycles. The predicted molar refractivity (Wildman–Crippen MR) is 119 cm³/mol. The first-order valence-electron chi connectivity index (χ1n) is 9.79. The van der Waals surface area contributed by atoms with Crippen molar-refractivity contribution in [2.75, 3.05) is 19.0 Å². The number of amides is 1. The van der Waals surface area contributed by atoms with Crippen LogP contribution in [0, 0.1) is 0 Å². The van der Waals surface area contributed by atoms with Crippen LogP contribution in [0.1, 0.15) is 19.4 Å². The van der Waals surface area contributed by atoms with E-state index >= 15 is 0 Å². The second kappa shape index (κ2) is 10.2. The number of allylic oxidation sites excluding steroid dienone is 1. The van der Waals surface area contributed by atoms with E-state index in [2.05, 4.69) is 10.3 Å². The molecule has 0 saturated heterocycles. The van der Waals surface area contributed by atoms with Crippen molar-refractivity contribution in [3.63, 3.8) is 0 Å². The van der Waals surface area contributed by atoms with Crippen molar-refractivity contribution in [3.05, 3.63) is 66.4 Å². The predicted octanol–water partition coefficient (Wildman–Crippen LogP) is 4.23. The van der Waals surface area contributed by atoms with Gasteiger partial charge in [0.1, 0.15) is 0 Å². The number of methoxy groups -OCH3 is 1. The van der Waals surface area contributed by atoms with Crippen LogP contribution in [0.2, 0.25) is 0 Å². The van der Waals surface area contributed by atoms with Gasteiger partial charge in [-0.2, -0.15) is 0 Å². The molecule has 3 aromatic rings. The van der Waals surface area contributed by atoms with Gasteiger partial charge in [-0.05, 0) is 55.8 Å². The van der Waals surface area contributed by atoms with Crippen LogP contribution in [0.3, 0.4) is 0 Å². The molecule has 0 aliphatic heterocycles. The fourth-order valence-corrected chi connectivity index (χ4v) is 2.97. The van der Waals surface area contributed by atoms with E-state index in [9.17, 15) is 9.59 Å². The molecule has 1 amide bonds. The molecule has 1 N–H and O–H groups in total. The second-order valence-electron chi connectivity index (χ2n) is 6.70. The number of esters is 1. The van der Waals surface area contributed by atoms with Gasteiger partial charge in [-0.25, -0.2) is 4.79 Å². The first-order chi connectivity index (χ1) is 15.0. The van der Waals surface area contributed by atoms with Crippen LogP contribution in [-0.4, -0.2) is 36.7 Å². The van der Waals surface area contributed by atoms with Gasteiger partial charge in [0, 0.05) is 11.6 Å². The van der Waals surface area contributed by atoms with E-state index in [-0.39, 0.29) is 6.61 Å². The molecule has 7 nitrogen and oxygen atoms in total. The van der Waals surface area contributed by atoms with Gasteiger partial charge in [-0.15, -0.1) is 0 Å². The number of aromatic nitrogens is 1. The van der Waals surface area contributed by atoms with Crippen LogP contribution in [0.4, 0.5) is 5.69 Å². The Labute approximate surface area is 180 Å². The Morgan fingerprint density at radius 1 is 1.13 bits per heavy atom. The van der Waals surface area contributed by atoms with Crippen LogP contribution < -0.4 is 14.8 Å². The van der Waals surface area contributed by atoms with E-state index in [0.717, 1.165) is 16.5 Å². The molecule has 0 bridgehead atoms. The number of hydrogen-bond donors (Lipinski definition) is 1. The quantitative estimate of drug-likeness (QED) is 0.549. The Morgan fingerprint density at radius 3 is 2.74 bits per heavy atom. The minimum Gasteiger partial charge on any atom is -0.493 e. The molecule has 0 aliphatic carbocycles. The number of ether oxygens (including phenoxy) is 3. The van der Waals surface area contributed by atoms with E-state index in [4.69, 9.17) is 14.2 Å². The van der Waals surface area contributed by atoms with Crippen LogP contribution in [0.15, 0.2) is 60.8 Å². The highest BCUT2D eigenvalue weighted by Gasteiger charge is 2.19. The van der Waals surface area contributed by atoms with Crippen molar-refractivity contribution in [2.24, 2.45) is 0 Å². The highest BCUT2D eigenvalue weighted by molar-refractivity contribution is 6.02. The Balaban J connectivity index is 1.57. The van der Waals surface area contributed by atoms with Crippen molar-refractivity contribution in [1.29, 1.82) is 0 Å². The van der Waals surface area contributed by atoms with Crippen molar-refractivity contribution in [2.45, 2.75) is 20.0 Å². The Bertz CT molecular complexity index is 1100. The number of rotatable bonds is 8. The number of nitrogens with zero attached hydrogens (tertiary/aromatic N) is 1. The first kappa shape index (κ1) is 21.8. The summed E-state index contributed by atoms with van der Waals surface area (Å²) in [6.07, 6.45) is 4.52. The zero-order valence-corrected chi connectivity index (χ0v) is 17.6. The maximum absolute atomic E-state index is 12.5. The fraction of sp³-hybridized carbons (Fsp3) is 0.208. The molecule has 0 saturated carbocycles. The number of anilines is 1. The number of fused-ring (bicyclic) bond motifs is 1. The monoisotopic (exact) mass is 420 g/mol. The van der Waals surface area contributed by atoms with E-state index in [1.165, 1.54) is 14.0 Å². The molecule has 0 fully saturated rings. The molecule has 0 aliphatic rings. The summed E-state index contributed by atoms with van der Waals surface area (Å²) < 4.78 is 16.0. The van der Waals surface area contributed by atoms with Crippen LogP contribution in [0.25, 0.3) is 17.0 Å². The molecular weight excluding hydrogens is 396 g/mol. The van der Waals surface area contributed by atoms with E-state index in [1.807, 2.05) is 37.3 Å². The number of nitrogens with one attached hydrogen (secondary N) is 1. The summed E-state index contributed by atoms with van der Waals surface area (Å²) in [5.41, 5.74) is 2.30. The summed E-state index contributed by atoms with van der Waals surface area (Å²) in [6.45, 7) is 3.07. The molecule has 3 rings (SSSR count). The van der Waals surface area contributed by atoms with Gasteiger partial charge in [0.05, 0.1) is 18.3 Å². The summed E-state index contributed by atoms with van der Waals surface area (Å²) >= 11 is 0. The molecule has 31 heavy (non-hydrogen) atoms. The maximum Gasteiger partial charge on any atom is 0.344 e. The molecular formula is C24H24N2O5. The van der Waals surface area contributed by atoms with Gasteiger partial charge < -0.3 is 19.5 Å². The molecule has 7 heteroatoms. The zero-order valence-electron chi connectivity index (χ0n) is 17.6. The highest BCUT2D eigenvalue weighted by Crippen LogP contribution is 2.28. The third-order valence-corrected chi connectivity index (χ3v) is 4.47. The third kappa shape index (κ3) is 5.60. The molecule has 0 radical (unpaired) electrons. The van der Waals surface area contributed by atoms with E-state index in [0.29, 0.717) is 17.2 Å². The van der Waals surface area contributed by atoms with Crippen molar-refractivity contribution in [3.8, 4) is 11.5 Å². The Kier molecular flexibility index (Phi) is 7.22. The number of benzene rings is 2. The van der Waals surface area contributed by atoms with Gasteiger partial charge >= 0.3 is 5.97 Å². The normalized spacial score (nSPS) is 11.8. The average molecular weight is 420 g/mol. The van der Waals surface area contributed by atoms with Gasteiger partial charge in [-0.1, -0.05) is 24.3 Å². The van der Waals surface area contributed by atoms with Crippen molar-refractivity contribution >= 4 is 34.5 Å². The third-order valence-electron chi connectivity index (χ3n) is 4.47. The van der Waals surface area contributed by atoms with E-state index in [1.54, 1.807) is 36.5 Å². The van der Waals surface area contributed by atoms with Crippen LogP contribution in [-0.2, 0) is 14.3 Å². The topological polar surface area (TPSA) is 86.8 Å². The van der Waals surface area contributed by atoms with Crippen LogP contribution in [0.5, 0.6) is 11.5 Å². The molecule has 0 spiro atoms. The maximum atomic E-state index is 12.5. The largest absolute Gasteiger partial charge is 0.493 e. The average Bonchev–Trinajstić information content (AvgIpc) is 2.78. The molecule has 1 atom stereocenters.